The van der Waals surface area contributed by atoms with Gasteiger partial charge >= 0.3 is 0 Å². The van der Waals surface area contributed by atoms with Gasteiger partial charge in [-0.15, -0.1) is 11.8 Å². The average molecular weight is 382 g/mol. The Labute approximate surface area is 161 Å². The molecule has 2 aromatic rings. The highest BCUT2D eigenvalue weighted by Gasteiger charge is 2.23. The molecule has 0 fully saturated rings. The third-order valence-electron chi connectivity index (χ3n) is 3.92. The van der Waals surface area contributed by atoms with Crippen LogP contribution in [0.5, 0.6) is 11.5 Å². The van der Waals surface area contributed by atoms with E-state index in [4.69, 9.17) is 14.2 Å². The topological polar surface area (TPSA) is 100 Å². The first-order chi connectivity index (χ1) is 13.2. The molecule has 1 aromatic heterocycles. The van der Waals surface area contributed by atoms with Crippen molar-refractivity contribution >= 4 is 17.6 Å². The SMILES string of the molecule is CCNc1nc(SCCOC)c(C#N)c(-c2ccc3c(c2)OCO3)c1C#N. The monoisotopic (exact) mass is 382 g/mol. The largest absolute Gasteiger partial charge is 0.454 e. The summed E-state index contributed by atoms with van der Waals surface area (Å²) in [4.78, 5) is 4.53. The number of hydrogen-bond donors (Lipinski definition) is 1. The molecule has 0 saturated carbocycles. The van der Waals surface area contributed by atoms with Crippen LogP contribution in [0.4, 0.5) is 5.82 Å². The zero-order valence-electron chi connectivity index (χ0n) is 15.0. The molecular weight excluding hydrogens is 364 g/mol. The maximum Gasteiger partial charge on any atom is 0.231 e. The number of anilines is 1. The number of pyridine rings is 1. The number of hydrogen-bond acceptors (Lipinski definition) is 8. The summed E-state index contributed by atoms with van der Waals surface area (Å²) in [6.45, 7) is 3.23. The molecule has 1 aromatic carbocycles. The minimum atomic E-state index is 0.159. The van der Waals surface area contributed by atoms with Crippen molar-refractivity contribution in [2.75, 3.05) is 38.1 Å². The second kappa shape index (κ2) is 8.63. The van der Waals surface area contributed by atoms with Crippen molar-refractivity contribution < 1.29 is 14.2 Å². The number of nitrogens with zero attached hydrogens (tertiary/aromatic N) is 3. The minimum Gasteiger partial charge on any atom is -0.454 e. The molecule has 0 aliphatic carbocycles. The molecule has 0 atom stereocenters. The maximum atomic E-state index is 9.83. The molecule has 0 bridgehead atoms. The van der Waals surface area contributed by atoms with Gasteiger partial charge in [0.15, 0.2) is 11.5 Å². The molecule has 27 heavy (non-hydrogen) atoms. The fourth-order valence-corrected chi connectivity index (χ4v) is 3.63. The van der Waals surface area contributed by atoms with Gasteiger partial charge in [-0.3, -0.25) is 0 Å². The van der Waals surface area contributed by atoms with Crippen molar-refractivity contribution in [2.24, 2.45) is 0 Å². The second-order valence-electron chi connectivity index (χ2n) is 5.55. The van der Waals surface area contributed by atoms with Crippen molar-refractivity contribution in [1.82, 2.24) is 4.98 Å². The number of ether oxygens (including phenoxy) is 3. The lowest BCUT2D eigenvalue weighted by atomic mass is 9.96. The van der Waals surface area contributed by atoms with Crippen LogP contribution in [0.3, 0.4) is 0 Å². The number of methoxy groups -OCH3 is 1. The molecule has 2 heterocycles. The maximum absolute atomic E-state index is 9.83. The molecule has 0 spiro atoms. The van der Waals surface area contributed by atoms with Gasteiger partial charge in [0.25, 0.3) is 0 Å². The normalized spacial score (nSPS) is 11.7. The lowest BCUT2D eigenvalue weighted by Gasteiger charge is -2.15. The number of rotatable bonds is 7. The first-order valence-electron chi connectivity index (χ1n) is 8.37. The van der Waals surface area contributed by atoms with E-state index in [0.717, 1.165) is 0 Å². The molecule has 0 radical (unpaired) electrons. The number of nitrogens with one attached hydrogen (secondary N) is 1. The van der Waals surface area contributed by atoms with Crippen molar-refractivity contribution in [1.29, 1.82) is 10.5 Å². The van der Waals surface area contributed by atoms with Crippen LogP contribution in [0, 0.1) is 22.7 Å². The van der Waals surface area contributed by atoms with Crippen LogP contribution in [0.1, 0.15) is 18.1 Å². The van der Waals surface area contributed by atoms with E-state index in [-0.39, 0.29) is 6.79 Å². The van der Waals surface area contributed by atoms with E-state index in [1.807, 2.05) is 13.0 Å². The molecule has 1 aliphatic heterocycles. The van der Waals surface area contributed by atoms with Gasteiger partial charge in [0.1, 0.15) is 28.5 Å². The fraction of sp³-hybridized carbons (Fsp3) is 0.316. The van der Waals surface area contributed by atoms with Gasteiger partial charge in [0.2, 0.25) is 6.79 Å². The van der Waals surface area contributed by atoms with Crippen LogP contribution in [0.25, 0.3) is 11.1 Å². The van der Waals surface area contributed by atoms with Crippen LogP contribution < -0.4 is 14.8 Å². The van der Waals surface area contributed by atoms with Gasteiger partial charge in [-0.2, -0.15) is 10.5 Å². The smallest absolute Gasteiger partial charge is 0.231 e. The van der Waals surface area contributed by atoms with Crippen molar-refractivity contribution in [3.05, 3.63) is 29.3 Å². The number of benzene rings is 1. The van der Waals surface area contributed by atoms with Crippen molar-refractivity contribution in [3.8, 4) is 34.8 Å². The summed E-state index contributed by atoms with van der Waals surface area (Å²) < 4.78 is 15.9. The number of thioether (sulfide) groups is 1. The van der Waals surface area contributed by atoms with Crippen molar-refractivity contribution in [2.45, 2.75) is 11.9 Å². The lowest BCUT2D eigenvalue weighted by Crippen LogP contribution is -2.07. The van der Waals surface area contributed by atoms with E-state index in [9.17, 15) is 10.5 Å². The standard InChI is InChI=1S/C19H18N4O3S/c1-3-22-18-13(9-20)17(12-4-5-15-16(8-12)26-11-25-15)14(10-21)19(23-18)27-7-6-24-2/h4-5,8H,3,6-7,11H2,1-2H3,(H,22,23). The van der Waals surface area contributed by atoms with Crippen LogP contribution >= 0.6 is 11.8 Å². The van der Waals surface area contributed by atoms with Gasteiger partial charge in [0, 0.05) is 25.0 Å². The van der Waals surface area contributed by atoms with Gasteiger partial charge in [-0.05, 0) is 24.6 Å². The summed E-state index contributed by atoms with van der Waals surface area (Å²) in [6, 6.07) is 9.82. The number of nitriles is 2. The Morgan fingerprint density at radius 2 is 2.00 bits per heavy atom. The van der Waals surface area contributed by atoms with E-state index in [0.29, 0.717) is 63.5 Å². The van der Waals surface area contributed by atoms with Gasteiger partial charge in [0.05, 0.1) is 12.2 Å². The highest BCUT2D eigenvalue weighted by Crippen LogP contribution is 2.41. The van der Waals surface area contributed by atoms with Crippen molar-refractivity contribution in [3.63, 3.8) is 0 Å². The molecule has 8 heteroatoms. The van der Waals surface area contributed by atoms with E-state index in [1.165, 1.54) is 11.8 Å². The Balaban J connectivity index is 2.20. The Hall–Kier alpha value is -2.94. The molecule has 3 rings (SSSR count). The first-order valence-corrected chi connectivity index (χ1v) is 9.35. The molecule has 0 amide bonds. The average Bonchev–Trinajstić information content (AvgIpc) is 3.15. The molecule has 1 N–H and O–H groups in total. The summed E-state index contributed by atoms with van der Waals surface area (Å²) in [5, 5.41) is 23.3. The third-order valence-corrected chi connectivity index (χ3v) is 4.86. The summed E-state index contributed by atoms with van der Waals surface area (Å²) in [5.74, 6) is 2.35. The van der Waals surface area contributed by atoms with Crippen LogP contribution in [0.2, 0.25) is 0 Å². The fourth-order valence-electron chi connectivity index (χ4n) is 2.74. The van der Waals surface area contributed by atoms with E-state index >= 15 is 0 Å². The Morgan fingerprint density at radius 1 is 1.22 bits per heavy atom. The Kier molecular flexibility index (Phi) is 6.02. The molecule has 7 nitrogen and oxygen atoms in total. The second-order valence-corrected chi connectivity index (χ2v) is 6.64. The summed E-state index contributed by atoms with van der Waals surface area (Å²) >= 11 is 1.43. The molecule has 138 valence electrons. The highest BCUT2D eigenvalue weighted by atomic mass is 32.2. The first kappa shape index (κ1) is 18.8. The van der Waals surface area contributed by atoms with Gasteiger partial charge in [-0.1, -0.05) is 6.07 Å². The molecule has 0 saturated heterocycles. The molecule has 1 aliphatic rings. The van der Waals surface area contributed by atoms with E-state index < -0.39 is 0 Å². The van der Waals surface area contributed by atoms with Crippen LogP contribution in [-0.4, -0.2) is 37.8 Å². The minimum absolute atomic E-state index is 0.159. The predicted octanol–water partition coefficient (Wildman–Crippen LogP) is 3.39. The summed E-state index contributed by atoms with van der Waals surface area (Å²) in [5.41, 5.74) is 1.96. The predicted molar refractivity (Wildman–Crippen MR) is 102 cm³/mol. The zero-order chi connectivity index (χ0) is 19.2. The summed E-state index contributed by atoms with van der Waals surface area (Å²) in [6.07, 6.45) is 0. The zero-order valence-corrected chi connectivity index (χ0v) is 15.9. The van der Waals surface area contributed by atoms with E-state index in [2.05, 4.69) is 22.4 Å². The lowest BCUT2D eigenvalue weighted by molar-refractivity contribution is 0.174. The van der Waals surface area contributed by atoms with Crippen LogP contribution in [0.15, 0.2) is 23.2 Å². The molecule has 0 unspecified atom stereocenters. The summed E-state index contributed by atoms with van der Waals surface area (Å²) in [7, 11) is 1.63. The van der Waals surface area contributed by atoms with Crippen LogP contribution in [-0.2, 0) is 4.74 Å². The van der Waals surface area contributed by atoms with Gasteiger partial charge in [-0.25, -0.2) is 4.98 Å². The Bertz CT molecular complexity index is 934. The number of aromatic nitrogens is 1. The van der Waals surface area contributed by atoms with Gasteiger partial charge < -0.3 is 19.5 Å². The Morgan fingerprint density at radius 3 is 2.70 bits per heavy atom. The third kappa shape index (κ3) is 3.77. The molecular formula is C19H18N4O3S. The highest BCUT2D eigenvalue weighted by molar-refractivity contribution is 7.99. The quantitative estimate of drug-likeness (QED) is 0.574. The van der Waals surface area contributed by atoms with E-state index in [1.54, 1.807) is 19.2 Å². The number of fused-ring (bicyclic) bond motifs is 1.